The predicted octanol–water partition coefficient (Wildman–Crippen LogP) is 3.99. The zero-order chi connectivity index (χ0) is 21.8. The average molecular weight is 421 g/mol. The van der Waals surface area contributed by atoms with Gasteiger partial charge in [0.2, 0.25) is 0 Å². The van der Waals surface area contributed by atoms with Crippen molar-refractivity contribution >= 4 is 34.6 Å². The third-order valence-corrected chi connectivity index (χ3v) is 5.17. The largest absolute Gasteiger partial charge is 0.497 e. The first-order chi connectivity index (χ1) is 15.1. The van der Waals surface area contributed by atoms with E-state index in [0.717, 1.165) is 35.2 Å². The van der Waals surface area contributed by atoms with Crippen molar-refractivity contribution in [1.29, 1.82) is 0 Å². The summed E-state index contributed by atoms with van der Waals surface area (Å²) in [5.74, 6) is 0.980. The summed E-state index contributed by atoms with van der Waals surface area (Å²) < 4.78 is 21.4. The number of para-hydroxylation sites is 1. The van der Waals surface area contributed by atoms with Crippen LogP contribution in [0.2, 0.25) is 0 Å². The lowest BCUT2D eigenvalue weighted by Gasteiger charge is -2.29. The second kappa shape index (κ2) is 8.95. The highest BCUT2D eigenvalue weighted by Crippen LogP contribution is 2.31. The number of furan rings is 1. The van der Waals surface area contributed by atoms with Gasteiger partial charge in [0, 0.05) is 23.7 Å². The third kappa shape index (κ3) is 4.40. The number of anilines is 1. The van der Waals surface area contributed by atoms with Crippen LogP contribution in [0.5, 0.6) is 11.5 Å². The van der Waals surface area contributed by atoms with E-state index in [9.17, 15) is 9.59 Å². The van der Waals surface area contributed by atoms with Crippen molar-refractivity contribution in [3.05, 3.63) is 59.9 Å². The number of carbonyl (C=O) groups is 2. The van der Waals surface area contributed by atoms with E-state index in [-0.39, 0.29) is 12.5 Å². The number of hydrogen-bond acceptors (Lipinski definition) is 6. The lowest BCUT2D eigenvalue weighted by molar-refractivity contribution is -0.142. The van der Waals surface area contributed by atoms with Crippen LogP contribution in [0.15, 0.2) is 53.0 Å². The SMILES string of the molecule is COc1ccc2c(c1)CCCN2C(=O)COC(=O)C=Cc1cc2cccc(OC)c2o1. The number of amides is 1. The Hall–Kier alpha value is -3.74. The smallest absolute Gasteiger partial charge is 0.331 e. The van der Waals surface area contributed by atoms with E-state index in [0.29, 0.717) is 23.6 Å². The Balaban J connectivity index is 1.38. The minimum absolute atomic E-state index is 0.263. The van der Waals surface area contributed by atoms with Crippen LogP contribution in [0.1, 0.15) is 17.7 Å². The fraction of sp³-hybridized carbons (Fsp3) is 0.250. The number of fused-ring (bicyclic) bond motifs is 2. The van der Waals surface area contributed by atoms with E-state index in [1.807, 2.05) is 30.3 Å². The second-order valence-corrected chi connectivity index (χ2v) is 7.11. The molecule has 0 spiro atoms. The molecule has 0 radical (unpaired) electrons. The van der Waals surface area contributed by atoms with Crippen LogP contribution < -0.4 is 14.4 Å². The first-order valence-electron chi connectivity index (χ1n) is 9.97. The van der Waals surface area contributed by atoms with Crippen molar-refractivity contribution < 1.29 is 28.2 Å². The minimum atomic E-state index is -0.618. The molecule has 0 saturated carbocycles. The minimum Gasteiger partial charge on any atom is -0.497 e. The molecule has 31 heavy (non-hydrogen) atoms. The van der Waals surface area contributed by atoms with Crippen molar-refractivity contribution in [2.75, 3.05) is 32.3 Å². The molecule has 0 saturated heterocycles. The molecule has 1 aromatic heterocycles. The number of hydrogen-bond donors (Lipinski definition) is 0. The van der Waals surface area contributed by atoms with Crippen molar-refractivity contribution in [3.63, 3.8) is 0 Å². The maximum Gasteiger partial charge on any atom is 0.331 e. The van der Waals surface area contributed by atoms with Crippen LogP contribution in [0.4, 0.5) is 5.69 Å². The number of ether oxygens (including phenoxy) is 3. The molecule has 0 atom stereocenters. The van der Waals surface area contributed by atoms with E-state index < -0.39 is 5.97 Å². The van der Waals surface area contributed by atoms with E-state index in [1.165, 1.54) is 12.2 Å². The summed E-state index contributed by atoms with van der Waals surface area (Å²) >= 11 is 0. The summed E-state index contributed by atoms with van der Waals surface area (Å²) in [6.45, 7) is 0.259. The summed E-state index contributed by atoms with van der Waals surface area (Å²) in [4.78, 5) is 26.4. The van der Waals surface area contributed by atoms with Gasteiger partial charge in [-0.15, -0.1) is 0 Å². The molecule has 1 amide bonds. The standard InChI is InChI=1S/C24H23NO6/c1-28-18-8-10-20-16(13-18)6-4-12-25(20)22(26)15-30-23(27)11-9-19-14-17-5-3-7-21(29-2)24(17)31-19/h3,5,7-11,13-14H,4,6,12,15H2,1-2H3. The molecule has 0 fully saturated rings. The quantitative estimate of drug-likeness (QED) is 0.442. The summed E-state index contributed by atoms with van der Waals surface area (Å²) in [6, 6.07) is 13.0. The molecule has 2 heterocycles. The molecular formula is C24H23NO6. The predicted molar refractivity (Wildman–Crippen MR) is 116 cm³/mol. The molecule has 3 aromatic rings. The number of esters is 1. The average Bonchev–Trinajstić information content (AvgIpc) is 3.23. The van der Waals surface area contributed by atoms with Crippen molar-refractivity contribution in [3.8, 4) is 11.5 Å². The van der Waals surface area contributed by atoms with Gasteiger partial charge in [0.25, 0.3) is 5.91 Å². The number of nitrogens with zero attached hydrogens (tertiary/aromatic N) is 1. The lowest BCUT2D eigenvalue weighted by atomic mass is 10.0. The van der Waals surface area contributed by atoms with Gasteiger partial charge in [-0.2, -0.15) is 0 Å². The Bertz CT molecular complexity index is 1150. The molecule has 2 aromatic carbocycles. The van der Waals surface area contributed by atoms with Gasteiger partial charge in [-0.05, 0) is 54.8 Å². The highest BCUT2D eigenvalue weighted by Gasteiger charge is 2.23. The van der Waals surface area contributed by atoms with Gasteiger partial charge in [0.05, 0.1) is 14.2 Å². The monoisotopic (exact) mass is 421 g/mol. The zero-order valence-corrected chi connectivity index (χ0v) is 17.4. The van der Waals surface area contributed by atoms with Crippen molar-refractivity contribution in [2.45, 2.75) is 12.8 Å². The summed E-state index contributed by atoms with van der Waals surface area (Å²) in [5, 5.41) is 0.864. The normalized spacial score (nSPS) is 13.3. The van der Waals surface area contributed by atoms with Crippen LogP contribution in [-0.2, 0) is 20.7 Å². The van der Waals surface area contributed by atoms with Crippen LogP contribution >= 0.6 is 0 Å². The first kappa shape index (κ1) is 20.5. The maximum absolute atomic E-state index is 12.6. The molecule has 0 aliphatic carbocycles. The maximum atomic E-state index is 12.6. The van der Waals surface area contributed by atoms with Gasteiger partial charge in [0.1, 0.15) is 11.5 Å². The molecule has 7 heteroatoms. The van der Waals surface area contributed by atoms with Crippen LogP contribution in [-0.4, -0.2) is 39.2 Å². The Morgan fingerprint density at radius 2 is 2.00 bits per heavy atom. The highest BCUT2D eigenvalue weighted by atomic mass is 16.5. The first-order valence-corrected chi connectivity index (χ1v) is 9.97. The van der Waals surface area contributed by atoms with E-state index >= 15 is 0 Å². The van der Waals surface area contributed by atoms with Gasteiger partial charge in [0.15, 0.2) is 17.9 Å². The van der Waals surface area contributed by atoms with Gasteiger partial charge in [-0.25, -0.2) is 4.79 Å². The van der Waals surface area contributed by atoms with Gasteiger partial charge < -0.3 is 23.5 Å². The van der Waals surface area contributed by atoms with E-state index in [4.69, 9.17) is 18.6 Å². The van der Waals surface area contributed by atoms with Crippen LogP contribution in [0, 0.1) is 0 Å². The molecule has 160 valence electrons. The number of aryl methyl sites for hydroxylation is 1. The second-order valence-electron chi connectivity index (χ2n) is 7.11. The van der Waals surface area contributed by atoms with Gasteiger partial charge in [-0.1, -0.05) is 12.1 Å². The third-order valence-electron chi connectivity index (χ3n) is 5.17. The molecule has 0 N–H and O–H groups in total. The molecule has 4 rings (SSSR count). The fourth-order valence-corrected chi connectivity index (χ4v) is 3.67. The van der Waals surface area contributed by atoms with Crippen LogP contribution in [0.25, 0.3) is 17.0 Å². The summed E-state index contributed by atoms with van der Waals surface area (Å²) in [7, 11) is 3.18. The zero-order valence-electron chi connectivity index (χ0n) is 17.4. The topological polar surface area (TPSA) is 78.2 Å². The number of carbonyl (C=O) groups excluding carboxylic acids is 2. The Morgan fingerprint density at radius 3 is 2.81 bits per heavy atom. The lowest BCUT2D eigenvalue weighted by Crippen LogP contribution is -2.38. The molecule has 0 unspecified atom stereocenters. The molecule has 7 nitrogen and oxygen atoms in total. The van der Waals surface area contributed by atoms with Gasteiger partial charge >= 0.3 is 5.97 Å². The number of benzene rings is 2. The van der Waals surface area contributed by atoms with Crippen molar-refractivity contribution in [2.24, 2.45) is 0 Å². The fourth-order valence-electron chi connectivity index (χ4n) is 3.67. The van der Waals surface area contributed by atoms with E-state index in [2.05, 4.69) is 0 Å². The molecule has 1 aliphatic rings. The molecule has 0 bridgehead atoms. The molecular weight excluding hydrogens is 398 g/mol. The summed E-state index contributed by atoms with van der Waals surface area (Å²) in [6.07, 6.45) is 4.47. The van der Waals surface area contributed by atoms with Crippen molar-refractivity contribution in [1.82, 2.24) is 0 Å². The van der Waals surface area contributed by atoms with Crippen LogP contribution in [0.3, 0.4) is 0 Å². The molecule has 1 aliphatic heterocycles. The number of rotatable bonds is 6. The number of methoxy groups -OCH3 is 2. The van der Waals surface area contributed by atoms with Gasteiger partial charge in [-0.3, -0.25) is 4.79 Å². The Morgan fingerprint density at radius 1 is 1.13 bits per heavy atom. The Kier molecular flexibility index (Phi) is 5.93. The highest BCUT2D eigenvalue weighted by molar-refractivity contribution is 5.97. The van der Waals surface area contributed by atoms with E-state index in [1.54, 1.807) is 31.3 Å². The Labute approximate surface area is 179 Å². The summed E-state index contributed by atoms with van der Waals surface area (Å²) in [5.41, 5.74) is 2.49.